The van der Waals surface area contributed by atoms with Crippen LogP contribution in [-0.2, 0) is 16.6 Å². The highest BCUT2D eigenvalue weighted by Gasteiger charge is 2.31. The average Bonchev–Trinajstić information content (AvgIpc) is 2.29. The first-order valence-corrected chi connectivity index (χ1v) is 6.50. The first-order chi connectivity index (χ1) is 7.98. The maximum atomic E-state index is 12.4. The molecule has 4 nitrogen and oxygen atoms in total. The summed E-state index contributed by atoms with van der Waals surface area (Å²) in [5.74, 6) is -3.42. The second kappa shape index (κ2) is 6.04. The molecule has 0 unspecified atom stereocenters. The Hall–Kier alpha value is -1.05. The number of halogens is 2. The van der Waals surface area contributed by atoms with Gasteiger partial charge in [0.15, 0.2) is 0 Å². The molecule has 0 heterocycles. The summed E-state index contributed by atoms with van der Waals surface area (Å²) < 4.78 is 48.2. The number of sulfonamides is 1. The molecule has 0 spiro atoms. The van der Waals surface area contributed by atoms with Crippen LogP contribution in [0.4, 0.5) is 8.78 Å². The van der Waals surface area contributed by atoms with Crippen LogP contribution in [0.3, 0.4) is 0 Å². The quantitative estimate of drug-likeness (QED) is 0.833. The second-order valence-electron chi connectivity index (χ2n) is 3.41. The first-order valence-electron chi connectivity index (χ1n) is 4.99. The molecular formula is C10H14F2N2O2S. The minimum absolute atomic E-state index is 0.00121. The number of benzene rings is 1. The molecule has 0 fully saturated rings. The molecule has 2 N–H and O–H groups in total. The summed E-state index contributed by atoms with van der Waals surface area (Å²) in [7, 11) is -4.58. The van der Waals surface area contributed by atoms with Gasteiger partial charge >= 0.3 is 5.76 Å². The van der Waals surface area contributed by atoms with E-state index in [0.29, 0.717) is 9.87 Å². The van der Waals surface area contributed by atoms with Gasteiger partial charge in [-0.25, -0.2) is 8.42 Å². The Labute approximate surface area is 99.1 Å². The van der Waals surface area contributed by atoms with Gasteiger partial charge in [0.25, 0.3) is 10.0 Å². The zero-order valence-corrected chi connectivity index (χ0v) is 9.91. The molecule has 0 aliphatic heterocycles. The molecule has 0 saturated carbocycles. The number of hydrogen-bond acceptors (Lipinski definition) is 3. The largest absolute Gasteiger partial charge is 0.350 e. The van der Waals surface area contributed by atoms with Crippen LogP contribution in [0.25, 0.3) is 0 Å². The van der Waals surface area contributed by atoms with Gasteiger partial charge in [-0.3, -0.25) is 0 Å². The molecule has 0 atom stereocenters. The van der Waals surface area contributed by atoms with Crippen molar-refractivity contribution in [1.29, 1.82) is 0 Å². The number of hydrogen-bond donors (Lipinski definition) is 1. The predicted molar refractivity (Wildman–Crippen MR) is 60.8 cm³/mol. The lowest BCUT2D eigenvalue weighted by Crippen LogP contribution is -2.38. The van der Waals surface area contributed by atoms with Gasteiger partial charge in [-0.2, -0.15) is 13.1 Å². The Morgan fingerprint density at radius 1 is 1.24 bits per heavy atom. The molecule has 1 aromatic carbocycles. The maximum absolute atomic E-state index is 12.4. The van der Waals surface area contributed by atoms with Crippen LogP contribution >= 0.6 is 0 Å². The highest BCUT2D eigenvalue weighted by Crippen LogP contribution is 2.15. The Bertz CT molecular complexity index is 437. The van der Waals surface area contributed by atoms with Crippen molar-refractivity contribution in [3.63, 3.8) is 0 Å². The van der Waals surface area contributed by atoms with Gasteiger partial charge in [0, 0.05) is 19.6 Å². The fourth-order valence-electron chi connectivity index (χ4n) is 1.34. The van der Waals surface area contributed by atoms with E-state index in [1.54, 1.807) is 30.3 Å². The molecule has 17 heavy (non-hydrogen) atoms. The zero-order chi connectivity index (χ0) is 12.9. The number of rotatable bonds is 6. The maximum Gasteiger partial charge on any atom is 0.350 e. The third-order valence-corrected chi connectivity index (χ3v) is 3.65. The van der Waals surface area contributed by atoms with E-state index in [9.17, 15) is 17.2 Å². The van der Waals surface area contributed by atoms with Crippen LogP contribution in [0.1, 0.15) is 5.56 Å². The van der Waals surface area contributed by atoms with Crippen molar-refractivity contribution in [3.05, 3.63) is 35.9 Å². The molecule has 1 aromatic rings. The van der Waals surface area contributed by atoms with Crippen LogP contribution in [0.5, 0.6) is 0 Å². The molecule has 0 aliphatic rings. The number of nitrogens with zero attached hydrogens (tertiary/aromatic N) is 1. The van der Waals surface area contributed by atoms with Crippen molar-refractivity contribution in [3.8, 4) is 0 Å². The van der Waals surface area contributed by atoms with Crippen molar-refractivity contribution in [2.45, 2.75) is 12.3 Å². The van der Waals surface area contributed by atoms with Gasteiger partial charge in [-0.1, -0.05) is 30.3 Å². The summed E-state index contributed by atoms with van der Waals surface area (Å²) in [4.78, 5) is 0. The van der Waals surface area contributed by atoms with E-state index in [2.05, 4.69) is 0 Å². The van der Waals surface area contributed by atoms with E-state index in [1.807, 2.05) is 0 Å². The summed E-state index contributed by atoms with van der Waals surface area (Å²) in [5.41, 5.74) is 5.87. The fraction of sp³-hybridized carbons (Fsp3) is 0.400. The van der Waals surface area contributed by atoms with Crippen molar-refractivity contribution >= 4 is 10.0 Å². The van der Waals surface area contributed by atoms with E-state index < -0.39 is 15.8 Å². The van der Waals surface area contributed by atoms with E-state index in [4.69, 9.17) is 5.73 Å². The van der Waals surface area contributed by atoms with Gasteiger partial charge in [0.1, 0.15) is 0 Å². The lowest BCUT2D eigenvalue weighted by molar-refractivity contribution is 0.218. The van der Waals surface area contributed by atoms with Gasteiger partial charge in [0.2, 0.25) is 0 Å². The smallest absolute Gasteiger partial charge is 0.329 e. The first kappa shape index (κ1) is 14.0. The van der Waals surface area contributed by atoms with E-state index in [-0.39, 0.29) is 19.6 Å². The van der Waals surface area contributed by atoms with Crippen molar-refractivity contribution in [1.82, 2.24) is 4.31 Å². The van der Waals surface area contributed by atoms with Gasteiger partial charge in [-0.15, -0.1) is 0 Å². The summed E-state index contributed by atoms with van der Waals surface area (Å²) in [6, 6.07) is 8.53. The van der Waals surface area contributed by atoms with E-state index in [0.717, 1.165) is 0 Å². The summed E-state index contributed by atoms with van der Waals surface area (Å²) >= 11 is 0. The summed E-state index contributed by atoms with van der Waals surface area (Å²) in [5, 5.41) is 0. The van der Waals surface area contributed by atoms with Crippen molar-refractivity contribution in [2.75, 3.05) is 13.1 Å². The molecular weight excluding hydrogens is 250 g/mol. The molecule has 0 saturated heterocycles. The van der Waals surface area contributed by atoms with E-state index >= 15 is 0 Å². The summed E-state index contributed by atoms with van der Waals surface area (Å²) in [6.07, 6.45) is 0. The minimum atomic E-state index is -4.58. The molecule has 96 valence electrons. The molecule has 0 amide bonds. The SMILES string of the molecule is NCCN(Cc1ccccc1)S(=O)(=O)C(F)F. The van der Waals surface area contributed by atoms with Crippen LogP contribution in [0.15, 0.2) is 30.3 Å². The summed E-state index contributed by atoms with van der Waals surface area (Å²) in [6.45, 7) is -0.217. The predicted octanol–water partition coefficient (Wildman–Crippen LogP) is 1.000. The van der Waals surface area contributed by atoms with Gasteiger partial charge in [-0.05, 0) is 5.56 Å². The highest BCUT2D eigenvalue weighted by molar-refractivity contribution is 7.89. The van der Waals surface area contributed by atoms with Crippen molar-refractivity contribution < 1.29 is 17.2 Å². The lowest BCUT2D eigenvalue weighted by Gasteiger charge is -2.20. The Morgan fingerprint density at radius 3 is 2.29 bits per heavy atom. The molecule has 0 radical (unpaired) electrons. The molecule has 1 rings (SSSR count). The Balaban J connectivity index is 2.88. The molecule has 0 aliphatic carbocycles. The van der Waals surface area contributed by atoms with Crippen LogP contribution in [0, 0.1) is 0 Å². The standard InChI is InChI=1S/C10H14F2N2O2S/c11-10(12)17(15,16)14(7-6-13)8-9-4-2-1-3-5-9/h1-5,10H,6-8,13H2. The monoisotopic (exact) mass is 264 g/mol. The van der Waals surface area contributed by atoms with E-state index in [1.165, 1.54) is 0 Å². The van der Waals surface area contributed by atoms with Crippen LogP contribution in [0.2, 0.25) is 0 Å². The lowest BCUT2D eigenvalue weighted by atomic mass is 10.2. The Morgan fingerprint density at radius 2 is 1.82 bits per heavy atom. The third kappa shape index (κ3) is 3.72. The van der Waals surface area contributed by atoms with Crippen molar-refractivity contribution in [2.24, 2.45) is 5.73 Å². The third-order valence-electron chi connectivity index (χ3n) is 2.17. The van der Waals surface area contributed by atoms with Gasteiger partial charge in [0.05, 0.1) is 0 Å². The zero-order valence-electron chi connectivity index (χ0n) is 9.09. The van der Waals surface area contributed by atoms with Gasteiger partial charge < -0.3 is 5.73 Å². The highest BCUT2D eigenvalue weighted by atomic mass is 32.2. The minimum Gasteiger partial charge on any atom is -0.329 e. The van der Waals surface area contributed by atoms with Crippen LogP contribution in [-0.4, -0.2) is 31.6 Å². The number of nitrogens with two attached hydrogens (primary N) is 1. The molecule has 0 aromatic heterocycles. The Kier molecular flexibility index (Phi) is 4.98. The average molecular weight is 264 g/mol. The topological polar surface area (TPSA) is 63.4 Å². The normalized spacial score (nSPS) is 12.3. The molecule has 0 bridgehead atoms. The second-order valence-corrected chi connectivity index (χ2v) is 5.32. The van der Waals surface area contributed by atoms with Crippen LogP contribution < -0.4 is 5.73 Å². The number of alkyl halides is 2. The molecule has 7 heteroatoms. The fourth-order valence-corrected chi connectivity index (χ4v) is 2.25.